The van der Waals surface area contributed by atoms with E-state index < -0.39 is 0 Å². The van der Waals surface area contributed by atoms with Gasteiger partial charge < -0.3 is 21.3 Å². The molecule has 1 aliphatic rings. The van der Waals surface area contributed by atoms with Gasteiger partial charge in [-0.25, -0.2) is 9.97 Å². The molecule has 0 saturated carbocycles. The summed E-state index contributed by atoms with van der Waals surface area (Å²) in [6.45, 7) is 2.82. The molecule has 0 unspecified atom stereocenters. The topological polar surface area (TPSA) is 101 Å². The van der Waals surface area contributed by atoms with E-state index in [0.29, 0.717) is 29.9 Å². The molecule has 4 N–H and O–H groups in total. The number of amides is 1. The standard InChI is InChI=1S/C16H19ClN6OS/c17-11-3-1-2-4-12(11)22-5-7-23(8-6-22)15(24)10-25-16-20-13(18)9-14(19)21-16/h1-4,9H,5-8,10H2,(H4,18,19,20,21). The molecule has 1 fully saturated rings. The zero-order valence-corrected chi connectivity index (χ0v) is 15.1. The average molecular weight is 379 g/mol. The van der Waals surface area contributed by atoms with Crippen LogP contribution in [0.2, 0.25) is 5.02 Å². The zero-order valence-electron chi connectivity index (χ0n) is 13.6. The number of rotatable bonds is 4. The van der Waals surface area contributed by atoms with Crippen molar-refractivity contribution in [1.82, 2.24) is 14.9 Å². The van der Waals surface area contributed by atoms with Crippen LogP contribution in [0.4, 0.5) is 17.3 Å². The number of anilines is 3. The highest BCUT2D eigenvalue weighted by Crippen LogP contribution is 2.26. The Morgan fingerprint density at radius 1 is 1.12 bits per heavy atom. The number of halogens is 1. The molecule has 1 aromatic carbocycles. The van der Waals surface area contributed by atoms with Gasteiger partial charge in [0, 0.05) is 32.2 Å². The first-order chi connectivity index (χ1) is 12.0. The summed E-state index contributed by atoms with van der Waals surface area (Å²) in [4.78, 5) is 24.6. The third-order valence-electron chi connectivity index (χ3n) is 3.90. The summed E-state index contributed by atoms with van der Waals surface area (Å²) in [6.07, 6.45) is 0. The summed E-state index contributed by atoms with van der Waals surface area (Å²) in [6, 6.07) is 9.24. The van der Waals surface area contributed by atoms with Gasteiger partial charge in [-0.2, -0.15) is 0 Å². The number of benzene rings is 1. The van der Waals surface area contributed by atoms with Crippen LogP contribution in [0.1, 0.15) is 0 Å². The minimum Gasteiger partial charge on any atom is -0.383 e. The average Bonchev–Trinajstić information content (AvgIpc) is 2.59. The Labute approximate surface area is 155 Å². The van der Waals surface area contributed by atoms with E-state index in [2.05, 4.69) is 14.9 Å². The highest BCUT2D eigenvalue weighted by Gasteiger charge is 2.22. The van der Waals surface area contributed by atoms with E-state index in [-0.39, 0.29) is 11.7 Å². The Balaban J connectivity index is 1.52. The third kappa shape index (κ3) is 4.46. The molecule has 1 saturated heterocycles. The number of nitrogens with two attached hydrogens (primary N) is 2. The monoisotopic (exact) mass is 378 g/mol. The first kappa shape index (κ1) is 17.6. The smallest absolute Gasteiger partial charge is 0.233 e. The van der Waals surface area contributed by atoms with Crippen molar-refractivity contribution >= 4 is 46.6 Å². The number of carbonyl (C=O) groups excluding carboxylic acids is 1. The Bertz CT molecular complexity index is 746. The summed E-state index contributed by atoms with van der Waals surface area (Å²) in [5, 5.41) is 1.15. The van der Waals surface area contributed by atoms with Crippen LogP contribution in [0.5, 0.6) is 0 Å². The lowest BCUT2D eigenvalue weighted by molar-refractivity contribution is -0.128. The minimum absolute atomic E-state index is 0.0494. The quantitative estimate of drug-likeness (QED) is 0.617. The van der Waals surface area contributed by atoms with Crippen LogP contribution in [0, 0.1) is 0 Å². The number of nitrogens with zero attached hydrogens (tertiary/aromatic N) is 4. The second-order valence-corrected chi connectivity index (χ2v) is 6.96. The van der Waals surface area contributed by atoms with Crippen molar-refractivity contribution in [3.8, 4) is 0 Å². The first-order valence-corrected chi connectivity index (χ1v) is 9.19. The predicted molar refractivity (Wildman–Crippen MR) is 102 cm³/mol. The second-order valence-electron chi connectivity index (χ2n) is 5.61. The van der Waals surface area contributed by atoms with E-state index in [1.54, 1.807) is 0 Å². The number of thioether (sulfide) groups is 1. The van der Waals surface area contributed by atoms with E-state index in [1.807, 2.05) is 29.2 Å². The van der Waals surface area contributed by atoms with Crippen LogP contribution in [-0.4, -0.2) is 52.7 Å². The fourth-order valence-electron chi connectivity index (χ4n) is 2.65. The lowest BCUT2D eigenvalue weighted by Gasteiger charge is -2.36. The maximum Gasteiger partial charge on any atom is 0.233 e. The molecule has 0 aliphatic carbocycles. The molecule has 2 aromatic rings. The maximum atomic E-state index is 12.4. The van der Waals surface area contributed by atoms with Crippen molar-refractivity contribution in [2.45, 2.75) is 5.16 Å². The molecule has 1 amide bonds. The third-order valence-corrected chi connectivity index (χ3v) is 5.05. The van der Waals surface area contributed by atoms with Gasteiger partial charge in [0.2, 0.25) is 5.91 Å². The number of nitrogen functional groups attached to an aromatic ring is 2. The number of hydrogen-bond donors (Lipinski definition) is 2. The van der Waals surface area contributed by atoms with Crippen LogP contribution in [0.15, 0.2) is 35.5 Å². The molecule has 132 valence electrons. The van der Waals surface area contributed by atoms with Gasteiger partial charge in [-0.15, -0.1) is 0 Å². The second kappa shape index (κ2) is 7.79. The molecule has 25 heavy (non-hydrogen) atoms. The van der Waals surface area contributed by atoms with Gasteiger partial charge in [-0.3, -0.25) is 4.79 Å². The van der Waals surface area contributed by atoms with Crippen LogP contribution < -0.4 is 16.4 Å². The van der Waals surface area contributed by atoms with Gasteiger partial charge in [0.1, 0.15) is 11.6 Å². The van der Waals surface area contributed by atoms with Crippen molar-refractivity contribution in [3.05, 3.63) is 35.4 Å². The van der Waals surface area contributed by atoms with E-state index in [9.17, 15) is 4.79 Å². The molecule has 0 atom stereocenters. The van der Waals surface area contributed by atoms with Crippen molar-refractivity contribution in [1.29, 1.82) is 0 Å². The molecule has 9 heteroatoms. The lowest BCUT2D eigenvalue weighted by atomic mass is 10.2. The number of carbonyl (C=O) groups is 1. The Morgan fingerprint density at radius 2 is 1.76 bits per heavy atom. The molecule has 0 radical (unpaired) electrons. The molecule has 3 rings (SSSR count). The fourth-order valence-corrected chi connectivity index (χ4v) is 3.68. The first-order valence-electron chi connectivity index (χ1n) is 7.83. The normalized spacial score (nSPS) is 14.6. The fraction of sp³-hybridized carbons (Fsp3) is 0.312. The van der Waals surface area contributed by atoms with Gasteiger partial charge in [-0.05, 0) is 12.1 Å². The Kier molecular flexibility index (Phi) is 5.50. The van der Waals surface area contributed by atoms with Gasteiger partial charge in [0.05, 0.1) is 16.5 Å². The van der Waals surface area contributed by atoms with Gasteiger partial charge in [0.25, 0.3) is 0 Å². The SMILES string of the molecule is Nc1cc(N)nc(SCC(=O)N2CCN(c3ccccc3Cl)CC2)n1. The summed E-state index contributed by atoms with van der Waals surface area (Å²) >= 11 is 7.48. The molecule has 1 aromatic heterocycles. The van der Waals surface area contributed by atoms with Crippen LogP contribution in [0.3, 0.4) is 0 Å². The van der Waals surface area contributed by atoms with Crippen molar-refractivity contribution in [2.75, 3.05) is 48.3 Å². The van der Waals surface area contributed by atoms with E-state index >= 15 is 0 Å². The minimum atomic E-state index is 0.0494. The molecule has 0 bridgehead atoms. The maximum absolute atomic E-state index is 12.4. The Morgan fingerprint density at radius 3 is 2.40 bits per heavy atom. The molecule has 0 spiro atoms. The van der Waals surface area contributed by atoms with E-state index in [0.717, 1.165) is 23.8 Å². The molecule has 7 nitrogen and oxygen atoms in total. The predicted octanol–water partition coefficient (Wildman–Crippen LogP) is 1.74. The number of piperazine rings is 1. The van der Waals surface area contributed by atoms with Gasteiger partial charge in [0.15, 0.2) is 5.16 Å². The summed E-state index contributed by atoms with van der Waals surface area (Å²) in [5.41, 5.74) is 12.3. The molecule has 2 heterocycles. The van der Waals surface area contributed by atoms with E-state index in [4.69, 9.17) is 23.1 Å². The Hall–Kier alpha value is -2.19. The van der Waals surface area contributed by atoms with Crippen LogP contribution >= 0.6 is 23.4 Å². The van der Waals surface area contributed by atoms with Crippen molar-refractivity contribution in [3.63, 3.8) is 0 Å². The summed E-state index contributed by atoms with van der Waals surface area (Å²) < 4.78 is 0. The summed E-state index contributed by atoms with van der Waals surface area (Å²) in [7, 11) is 0. The van der Waals surface area contributed by atoms with Crippen molar-refractivity contribution in [2.24, 2.45) is 0 Å². The van der Waals surface area contributed by atoms with Gasteiger partial charge in [-0.1, -0.05) is 35.5 Å². The van der Waals surface area contributed by atoms with Crippen molar-refractivity contribution < 1.29 is 4.79 Å². The highest BCUT2D eigenvalue weighted by atomic mass is 35.5. The zero-order chi connectivity index (χ0) is 17.8. The lowest BCUT2D eigenvalue weighted by Crippen LogP contribution is -2.49. The molecular formula is C16H19ClN6OS. The summed E-state index contributed by atoms with van der Waals surface area (Å²) in [5.74, 6) is 0.912. The number of aromatic nitrogens is 2. The largest absolute Gasteiger partial charge is 0.383 e. The highest BCUT2D eigenvalue weighted by molar-refractivity contribution is 7.99. The van der Waals surface area contributed by atoms with Crippen LogP contribution in [-0.2, 0) is 4.79 Å². The van der Waals surface area contributed by atoms with Gasteiger partial charge >= 0.3 is 0 Å². The van der Waals surface area contributed by atoms with Crippen LogP contribution in [0.25, 0.3) is 0 Å². The van der Waals surface area contributed by atoms with E-state index in [1.165, 1.54) is 17.8 Å². The molecule has 1 aliphatic heterocycles. The molecular weight excluding hydrogens is 360 g/mol. The number of hydrogen-bond acceptors (Lipinski definition) is 7. The number of para-hydroxylation sites is 1.